The Morgan fingerprint density at radius 2 is 1.87 bits per heavy atom. The van der Waals surface area contributed by atoms with E-state index in [1.54, 1.807) is 0 Å². The van der Waals surface area contributed by atoms with Gasteiger partial charge in [0.05, 0.1) is 5.69 Å². The maximum Gasteiger partial charge on any atom is 0.153 e. The van der Waals surface area contributed by atoms with E-state index in [4.69, 9.17) is 0 Å². The van der Waals surface area contributed by atoms with E-state index in [0.717, 1.165) is 17.2 Å². The van der Waals surface area contributed by atoms with Gasteiger partial charge in [0.1, 0.15) is 0 Å². The maximum atomic E-state index is 4.48. The zero-order chi connectivity index (χ0) is 11.0. The van der Waals surface area contributed by atoms with Crippen LogP contribution >= 0.6 is 0 Å². The Morgan fingerprint density at radius 1 is 1.13 bits per heavy atom. The van der Waals surface area contributed by atoms with E-state index >= 15 is 0 Å². The average molecular weight is 201 g/mol. The minimum absolute atomic E-state index is 0.892. The Bertz CT molecular complexity index is 498. The first-order valence-corrected chi connectivity index (χ1v) is 5.05. The summed E-state index contributed by atoms with van der Waals surface area (Å²) in [4.78, 5) is 4.33. The second kappa shape index (κ2) is 3.50. The number of nitrogens with zero attached hydrogens (tertiary/aromatic N) is 3. The number of hydrogen-bond donors (Lipinski definition) is 0. The van der Waals surface area contributed by atoms with E-state index in [-0.39, 0.29) is 0 Å². The number of rotatable bonds is 1. The summed E-state index contributed by atoms with van der Waals surface area (Å²) in [5.41, 5.74) is 4.66. The predicted octanol–water partition coefficient (Wildman–Crippen LogP) is 2.50. The second-order valence-corrected chi connectivity index (χ2v) is 3.90. The highest BCUT2D eigenvalue weighted by Gasteiger charge is 2.09. The highest BCUT2D eigenvalue weighted by atomic mass is 15.3. The molecule has 0 unspecified atom stereocenters. The molecule has 0 spiro atoms. The van der Waals surface area contributed by atoms with Crippen molar-refractivity contribution in [1.82, 2.24) is 14.8 Å². The van der Waals surface area contributed by atoms with Crippen LogP contribution in [0.2, 0.25) is 0 Å². The SMILES string of the molecule is Cc1ccnc(-n2nc(C)c(C)c2C)c1. The molecule has 2 heterocycles. The molecule has 0 N–H and O–H groups in total. The van der Waals surface area contributed by atoms with E-state index in [9.17, 15) is 0 Å². The van der Waals surface area contributed by atoms with Crippen LogP contribution in [0, 0.1) is 27.7 Å². The second-order valence-electron chi connectivity index (χ2n) is 3.90. The summed E-state index contributed by atoms with van der Waals surface area (Å²) in [7, 11) is 0. The molecule has 0 atom stereocenters. The Labute approximate surface area is 89.8 Å². The Kier molecular flexibility index (Phi) is 2.31. The summed E-state index contributed by atoms with van der Waals surface area (Å²) in [6, 6.07) is 4.03. The van der Waals surface area contributed by atoms with Gasteiger partial charge in [0, 0.05) is 11.9 Å². The van der Waals surface area contributed by atoms with Gasteiger partial charge in [-0.1, -0.05) is 0 Å². The summed E-state index contributed by atoms with van der Waals surface area (Å²) in [6.07, 6.45) is 1.82. The Hall–Kier alpha value is -1.64. The zero-order valence-corrected chi connectivity index (χ0v) is 9.57. The summed E-state index contributed by atoms with van der Waals surface area (Å²) in [5, 5.41) is 4.48. The lowest BCUT2D eigenvalue weighted by Gasteiger charge is -2.03. The standard InChI is InChI=1S/C12H15N3/c1-8-5-6-13-12(7-8)15-11(4)9(2)10(3)14-15/h5-7H,1-4H3. The molecule has 0 amide bonds. The Morgan fingerprint density at radius 3 is 2.40 bits per heavy atom. The van der Waals surface area contributed by atoms with Crippen LogP contribution in [-0.4, -0.2) is 14.8 Å². The van der Waals surface area contributed by atoms with Gasteiger partial charge in [0.2, 0.25) is 0 Å². The van der Waals surface area contributed by atoms with Gasteiger partial charge >= 0.3 is 0 Å². The van der Waals surface area contributed by atoms with Crippen LogP contribution in [-0.2, 0) is 0 Å². The smallest absolute Gasteiger partial charge is 0.153 e. The molecule has 2 aromatic rings. The third kappa shape index (κ3) is 1.65. The van der Waals surface area contributed by atoms with E-state index in [1.807, 2.05) is 29.9 Å². The van der Waals surface area contributed by atoms with Gasteiger partial charge in [-0.15, -0.1) is 0 Å². The highest BCUT2D eigenvalue weighted by molar-refractivity contribution is 5.33. The van der Waals surface area contributed by atoms with Crippen molar-refractivity contribution in [2.24, 2.45) is 0 Å². The largest absolute Gasteiger partial charge is 0.237 e. The van der Waals surface area contributed by atoms with Crippen LogP contribution in [0.3, 0.4) is 0 Å². The van der Waals surface area contributed by atoms with Gasteiger partial charge in [-0.2, -0.15) is 5.10 Å². The van der Waals surface area contributed by atoms with Crippen molar-refractivity contribution in [1.29, 1.82) is 0 Å². The van der Waals surface area contributed by atoms with Gasteiger partial charge in [0.25, 0.3) is 0 Å². The van der Waals surface area contributed by atoms with Gasteiger partial charge in [-0.25, -0.2) is 9.67 Å². The number of pyridine rings is 1. The lowest BCUT2D eigenvalue weighted by atomic mass is 10.2. The monoisotopic (exact) mass is 201 g/mol. The van der Waals surface area contributed by atoms with Crippen molar-refractivity contribution in [3.63, 3.8) is 0 Å². The molecule has 15 heavy (non-hydrogen) atoms. The van der Waals surface area contributed by atoms with Crippen LogP contribution in [0.25, 0.3) is 5.82 Å². The van der Waals surface area contributed by atoms with Crippen molar-refractivity contribution in [2.45, 2.75) is 27.7 Å². The first kappa shape index (κ1) is 9.90. The van der Waals surface area contributed by atoms with E-state index in [1.165, 1.54) is 11.1 Å². The topological polar surface area (TPSA) is 30.7 Å². The van der Waals surface area contributed by atoms with Gasteiger partial charge in [-0.05, 0) is 51.0 Å². The van der Waals surface area contributed by atoms with Crippen molar-refractivity contribution in [3.05, 3.63) is 40.8 Å². The molecule has 0 fully saturated rings. The van der Waals surface area contributed by atoms with Crippen molar-refractivity contribution in [3.8, 4) is 5.82 Å². The first-order valence-electron chi connectivity index (χ1n) is 5.05. The third-order valence-corrected chi connectivity index (χ3v) is 2.77. The average Bonchev–Trinajstić information content (AvgIpc) is 2.46. The molecule has 0 aliphatic heterocycles. The van der Waals surface area contributed by atoms with Crippen LogP contribution in [0.15, 0.2) is 18.3 Å². The van der Waals surface area contributed by atoms with Crippen molar-refractivity contribution >= 4 is 0 Å². The van der Waals surface area contributed by atoms with Crippen LogP contribution in [0.5, 0.6) is 0 Å². The molecule has 0 aromatic carbocycles. The van der Waals surface area contributed by atoms with E-state index in [0.29, 0.717) is 0 Å². The molecule has 2 rings (SSSR count). The van der Waals surface area contributed by atoms with E-state index in [2.05, 4.69) is 30.9 Å². The normalized spacial score (nSPS) is 10.7. The molecule has 0 saturated heterocycles. The van der Waals surface area contributed by atoms with Crippen molar-refractivity contribution in [2.75, 3.05) is 0 Å². The van der Waals surface area contributed by atoms with Crippen LogP contribution in [0.4, 0.5) is 0 Å². The lowest BCUT2D eigenvalue weighted by molar-refractivity contribution is 0.804. The predicted molar refractivity (Wildman–Crippen MR) is 60.3 cm³/mol. The summed E-state index contributed by atoms with van der Waals surface area (Å²) >= 11 is 0. The molecular formula is C12H15N3. The third-order valence-electron chi connectivity index (χ3n) is 2.77. The van der Waals surface area contributed by atoms with Gasteiger partial charge in [0.15, 0.2) is 5.82 Å². The molecule has 0 saturated carbocycles. The van der Waals surface area contributed by atoms with E-state index < -0.39 is 0 Å². The minimum Gasteiger partial charge on any atom is -0.237 e. The van der Waals surface area contributed by atoms with Crippen LogP contribution in [0.1, 0.15) is 22.5 Å². The molecule has 3 nitrogen and oxygen atoms in total. The quantitative estimate of drug-likeness (QED) is 0.709. The van der Waals surface area contributed by atoms with Crippen LogP contribution < -0.4 is 0 Å². The molecule has 3 heteroatoms. The molecular weight excluding hydrogens is 186 g/mol. The Balaban J connectivity index is 2.59. The number of hydrogen-bond acceptors (Lipinski definition) is 2. The van der Waals surface area contributed by atoms with Gasteiger partial charge in [-0.3, -0.25) is 0 Å². The van der Waals surface area contributed by atoms with Crippen molar-refractivity contribution < 1.29 is 0 Å². The molecule has 78 valence electrons. The molecule has 2 aromatic heterocycles. The molecule has 0 aliphatic carbocycles. The fraction of sp³-hybridized carbons (Fsp3) is 0.333. The minimum atomic E-state index is 0.892. The fourth-order valence-corrected chi connectivity index (χ4v) is 1.58. The highest BCUT2D eigenvalue weighted by Crippen LogP contribution is 2.15. The lowest BCUT2D eigenvalue weighted by Crippen LogP contribution is -2.02. The fourth-order valence-electron chi connectivity index (χ4n) is 1.58. The summed E-state index contributed by atoms with van der Waals surface area (Å²) < 4.78 is 1.90. The summed E-state index contributed by atoms with van der Waals surface area (Å²) in [5.74, 6) is 0.892. The first-order chi connectivity index (χ1) is 7.09. The molecule has 0 bridgehead atoms. The van der Waals surface area contributed by atoms with Gasteiger partial charge < -0.3 is 0 Å². The molecule has 0 radical (unpaired) electrons. The molecule has 0 aliphatic rings. The maximum absolute atomic E-state index is 4.48. The number of aromatic nitrogens is 3. The number of aryl methyl sites for hydroxylation is 2. The summed E-state index contributed by atoms with van der Waals surface area (Å²) in [6.45, 7) is 8.24. The zero-order valence-electron chi connectivity index (χ0n) is 9.57.